The Kier molecular flexibility index (Phi) is 7.48. The summed E-state index contributed by atoms with van der Waals surface area (Å²) < 4.78 is 40.2. The second-order valence-electron chi connectivity index (χ2n) is 8.91. The van der Waals surface area contributed by atoms with Gasteiger partial charge in [-0.3, -0.25) is 9.52 Å². The first-order valence-electron chi connectivity index (χ1n) is 12.3. The molecular weight excluding hydrogens is 520 g/mol. The Hall–Kier alpha value is -4.42. The fraction of sp³-hybridized carbons (Fsp3) is 0.222. The van der Waals surface area contributed by atoms with E-state index in [1.165, 1.54) is 26.4 Å². The van der Waals surface area contributed by atoms with E-state index in [1.807, 2.05) is 6.07 Å². The number of ether oxygens (including phenoxy) is 2. The number of methoxy groups -OCH3 is 2. The smallest absolute Gasteiger partial charge is 0.263 e. The maximum atomic E-state index is 13.5. The lowest BCUT2D eigenvalue weighted by atomic mass is 10.2. The lowest BCUT2D eigenvalue weighted by molar-refractivity contribution is -0.117. The predicted octanol–water partition coefficient (Wildman–Crippen LogP) is 3.88. The monoisotopic (exact) mass is 548 g/mol. The molecule has 4 aromatic rings. The molecule has 1 aliphatic heterocycles. The van der Waals surface area contributed by atoms with Gasteiger partial charge >= 0.3 is 0 Å². The van der Waals surface area contributed by atoms with Crippen LogP contribution in [0, 0.1) is 0 Å². The molecule has 1 fully saturated rings. The van der Waals surface area contributed by atoms with Crippen LogP contribution in [-0.2, 0) is 14.8 Å². The van der Waals surface area contributed by atoms with Crippen LogP contribution in [0.2, 0.25) is 0 Å². The van der Waals surface area contributed by atoms with Crippen LogP contribution >= 0.6 is 0 Å². The number of fused-ring (bicyclic) bond motifs is 1. The SMILES string of the molecule is COc1cc(Nc2nc3ccccc3nc2NS(=O)(=O)c2cccc(NC(=O)[C@H]3CCCN3)c2)cc(OC)c1. The minimum atomic E-state index is -4.11. The number of hydrogen-bond acceptors (Lipinski definition) is 9. The minimum Gasteiger partial charge on any atom is -0.497 e. The van der Waals surface area contributed by atoms with Gasteiger partial charge in [-0.25, -0.2) is 18.4 Å². The highest BCUT2D eigenvalue weighted by molar-refractivity contribution is 7.92. The first-order chi connectivity index (χ1) is 18.8. The normalized spacial score (nSPS) is 15.1. The van der Waals surface area contributed by atoms with Gasteiger partial charge in [0.2, 0.25) is 5.91 Å². The Balaban J connectivity index is 1.47. The molecule has 11 nitrogen and oxygen atoms in total. The first-order valence-corrected chi connectivity index (χ1v) is 13.8. The van der Waals surface area contributed by atoms with Gasteiger partial charge in [-0.1, -0.05) is 18.2 Å². The lowest BCUT2D eigenvalue weighted by Gasteiger charge is -2.16. The summed E-state index contributed by atoms with van der Waals surface area (Å²) in [5.41, 5.74) is 2.02. The van der Waals surface area contributed by atoms with Crippen LogP contribution in [0.5, 0.6) is 11.5 Å². The largest absolute Gasteiger partial charge is 0.497 e. The van der Waals surface area contributed by atoms with Gasteiger partial charge in [-0.15, -0.1) is 0 Å². The van der Waals surface area contributed by atoms with E-state index in [2.05, 4.69) is 30.6 Å². The molecule has 0 unspecified atom stereocenters. The number of sulfonamides is 1. The second kappa shape index (κ2) is 11.1. The molecule has 0 aliphatic carbocycles. The van der Waals surface area contributed by atoms with Crippen molar-refractivity contribution in [1.82, 2.24) is 15.3 Å². The Bertz CT molecular complexity index is 1600. The molecule has 1 aliphatic rings. The standard InChI is InChI=1S/C27H28N6O5S/c1-37-19-13-18(14-20(16-19)38-2)29-25-26(32-23-10-4-3-9-22(23)31-25)33-39(35,36)21-8-5-7-17(15-21)30-27(34)24-11-6-12-28-24/h3-5,7-10,13-16,24,28H,6,11-12H2,1-2H3,(H,29,31)(H,30,34)(H,32,33)/t24-/m1/s1. The Morgan fingerprint density at radius 3 is 2.23 bits per heavy atom. The molecule has 4 N–H and O–H groups in total. The highest BCUT2D eigenvalue weighted by atomic mass is 32.2. The van der Waals surface area contributed by atoms with E-state index in [0.29, 0.717) is 33.9 Å². The summed E-state index contributed by atoms with van der Waals surface area (Å²) in [6, 6.07) is 18.1. The minimum absolute atomic E-state index is 0.0000750. The van der Waals surface area contributed by atoms with Gasteiger partial charge in [0.15, 0.2) is 11.6 Å². The van der Waals surface area contributed by atoms with Crippen molar-refractivity contribution in [2.24, 2.45) is 0 Å². The summed E-state index contributed by atoms with van der Waals surface area (Å²) in [5.74, 6) is 1.07. The number of nitrogens with zero attached hydrogens (tertiary/aromatic N) is 2. The topological polar surface area (TPSA) is 144 Å². The van der Waals surface area contributed by atoms with Crippen LogP contribution in [-0.4, -0.2) is 51.1 Å². The average Bonchev–Trinajstić information content (AvgIpc) is 3.48. The van der Waals surface area contributed by atoms with Crippen molar-refractivity contribution in [3.63, 3.8) is 0 Å². The van der Waals surface area contributed by atoms with Crippen LogP contribution < -0.4 is 30.1 Å². The molecule has 1 aromatic heterocycles. The predicted molar refractivity (Wildman–Crippen MR) is 149 cm³/mol. The Morgan fingerprint density at radius 1 is 0.897 bits per heavy atom. The van der Waals surface area contributed by atoms with Gasteiger partial charge in [-0.2, -0.15) is 0 Å². The summed E-state index contributed by atoms with van der Waals surface area (Å²) in [6.07, 6.45) is 1.66. The highest BCUT2D eigenvalue weighted by Gasteiger charge is 2.23. The van der Waals surface area contributed by atoms with Crippen LogP contribution in [0.15, 0.2) is 71.6 Å². The molecule has 0 bridgehead atoms. The van der Waals surface area contributed by atoms with Crippen molar-refractivity contribution in [3.05, 3.63) is 66.7 Å². The molecule has 0 radical (unpaired) electrons. The van der Waals surface area contributed by atoms with E-state index < -0.39 is 10.0 Å². The van der Waals surface area contributed by atoms with Gasteiger partial charge in [0.05, 0.1) is 36.2 Å². The first kappa shape index (κ1) is 26.2. The quantitative estimate of drug-likeness (QED) is 0.245. The number of hydrogen-bond donors (Lipinski definition) is 4. The summed E-state index contributed by atoms with van der Waals surface area (Å²) in [6.45, 7) is 0.780. The van der Waals surface area contributed by atoms with Crippen molar-refractivity contribution in [1.29, 1.82) is 0 Å². The molecule has 1 amide bonds. The summed E-state index contributed by atoms with van der Waals surface area (Å²) in [5, 5.41) is 9.05. The Morgan fingerprint density at radius 2 is 1.59 bits per heavy atom. The summed E-state index contributed by atoms with van der Waals surface area (Å²) >= 11 is 0. The molecule has 2 heterocycles. The molecule has 0 spiro atoms. The van der Waals surface area contributed by atoms with Gasteiger partial charge in [0, 0.05) is 29.6 Å². The lowest BCUT2D eigenvalue weighted by Crippen LogP contribution is -2.35. The van der Waals surface area contributed by atoms with Crippen LogP contribution in [0.4, 0.5) is 23.0 Å². The fourth-order valence-corrected chi connectivity index (χ4v) is 5.29. The van der Waals surface area contributed by atoms with Gasteiger partial charge in [0.25, 0.3) is 10.0 Å². The van der Waals surface area contributed by atoms with E-state index in [4.69, 9.17) is 9.47 Å². The maximum absolute atomic E-state index is 13.5. The van der Waals surface area contributed by atoms with Crippen LogP contribution in [0.25, 0.3) is 11.0 Å². The molecule has 0 saturated carbocycles. The number of carbonyl (C=O) groups is 1. The second-order valence-corrected chi connectivity index (χ2v) is 10.6. The number of amides is 1. The number of benzene rings is 3. The van der Waals surface area contributed by atoms with Crippen molar-refractivity contribution in [3.8, 4) is 11.5 Å². The zero-order valence-electron chi connectivity index (χ0n) is 21.4. The summed E-state index contributed by atoms with van der Waals surface area (Å²) in [7, 11) is -1.04. The zero-order chi connectivity index (χ0) is 27.4. The third kappa shape index (κ3) is 6.02. The van der Waals surface area contributed by atoms with Crippen molar-refractivity contribution in [2.75, 3.05) is 36.1 Å². The van der Waals surface area contributed by atoms with E-state index >= 15 is 0 Å². The number of carbonyl (C=O) groups excluding carboxylic acids is 1. The van der Waals surface area contributed by atoms with Crippen molar-refractivity contribution in [2.45, 2.75) is 23.8 Å². The average molecular weight is 549 g/mol. The van der Waals surface area contributed by atoms with Crippen molar-refractivity contribution < 1.29 is 22.7 Å². The van der Waals surface area contributed by atoms with Crippen LogP contribution in [0.1, 0.15) is 12.8 Å². The van der Waals surface area contributed by atoms with Gasteiger partial charge in [-0.05, 0) is 49.7 Å². The van der Waals surface area contributed by atoms with Crippen LogP contribution in [0.3, 0.4) is 0 Å². The zero-order valence-corrected chi connectivity index (χ0v) is 22.2. The van der Waals surface area contributed by atoms with Gasteiger partial charge in [0.1, 0.15) is 11.5 Å². The van der Waals surface area contributed by atoms with E-state index in [0.717, 1.165) is 19.4 Å². The molecule has 3 aromatic carbocycles. The van der Waals surface area contributed by atoms with E-state index in [9.17, 15) is 13.2 Å². The summed E-state index contributed by atoms with van der Waals surface area (Å²) in [4.78, 5) is 21.6. The third-order valence-corrected chi connectivity index (χ3v) is 7.54. The number of anilines is 4. The fourth-order valence-electron chi connectivity index (χ4n) is 4.24. The number of para-hydroxylation sites is 2. The number of nitrogens with one attached hydrogen (secondary N) is 4. The number of rotatable bonds is 9. The Labute approximate surface area is 226 Å². The van der Waals surface area contributed by atoms with E-state index in [-0.39, 0.29) is 28.5 Å². The molecular formula is C27H28N6O5S. The van der Waals surface area contributed by atoms with Crippen molar-refractivity contribution >= 4 is 50.0 Å². The molecule has 202 valence electrons. The molecule has 5 rings (SSSR count). The van der Waals surface area contributed by atoms with Gasteiger partial charge < -0.3 is 25.4 Å². The van der Waals surface area contributed by atoms with E-state index in [1.54, 1.807) is 48.5 Å². The highest BCUT2D eigenvalue weighted by Crippen LogP contribution is 2.31. The molecule has 39 heavy (non-hydrogen) atoms. The number of aromatic nitrogens is 2. The maximum Gasteiger partial charge on any atom is 0.263 e. The molecule has 1 atom stereocenters. The molecule has 1 saturated heterocycles. The molecule has 12 heteroatoms. The third-order valence-electron chi connectivity index (χ3n) is 6.20.